The Morgan fingerprint density at radius 1 is 0.838 bits per heavy atom. The molecular formula is C31H35N3O3. The van der Waals surface area contributed by atoms with Crippen LogP contribution in [0.15, 0.2) is 60.7 Å². The third kappa shape index (κ3) is 4.75. The summed E-state index contributed by atoms with van der Waals surface area (Å²) >= 11 is 0. The predicted molar refractivity (Wildman–Crippen MR) is 143 cm³/mol. The normalized spacial score (nSPS) is 25.0. The first kappa shape index (κ1) is 24.1. The van der Waals surface area contributed by atoms with E-state index < -0.39 is 0 Å². The number of benzene rings is 2. The number of hydrogen-bond acceptors (Lipinski definition) is 4. The van der Waals surface area contributed by atoms with E-state index in [0.29, 0.717) is 24.6 Å². The summed E-state index contributed by atoms with van der Waals surface area (Å²) in [6.07, 6.45) is 7.39. The number of carbonyl (C=O) groups is 3. The van der Waals surface area contributed by atoms with Crippen LogP contribution in [0, 0.1) is 11.3 Å². The molecule has 6 heteroatoms. The molecule has 1 spiro atoms. The van der Waals surface area contributed by atoms with E-state index in [1.807, 2.05) is 47.4 Å². The number of rotatable bonds is 5. The molecule has 0 bridgehead atoms. The number of amides is 2. The van der Waals surface area contributed by atoms with Crippen molar-refractivity contribution in [3.8, 4) is 0 Å². The summed E-state index contributed by atoms with van der Waals surface area (Å²) in [5.74, 6) is 0.238. The Morgan fingerprint density at radius 2 is 1.51 bits per heavy atom. The summed E-state index contributed by atoms with van der Waals surface area (Å²) in [4.78, 5) is 45.4. The van der Waals surface area contributed by atoms with E-state index in [1.54, 1.807) is 0 Å². The fraction of sp³-hybridized carbons (Fsp3) is 0.452. The third-order valence-corrected chi connectivity index (χ3v) is 9.04. The number of nitrogens with zero attached hydrogens (tertiary/aromatic N) is 3. The van der Waals surface area contributed by atoms with Gasteiger partial charge in [0.1, 0.15) is 0 Å². The van der Waals surface area contributed by atoms with Gasteiger partial charge in [0.2, 0.25) is 11.8 Å². The highest BCUT2D eigenvalue weighted by atomic mass is 16.2. The molecule has 2 aromatic rings. The molecule has 192 valence electrons. The molecule has 2 saturated heterocycles. The lowest BCUT2D eigenvalue weighted by Gasteiger charge is -2.36. The van der Waals surface area contributed by atoms with Crippen molar-refractivity contribution in [2.75, 3.05) is 45.8 Å². The molecule has 2 aromatic carbocycles. The van der Waals surface area contributed by atoms with Crippen LogP contribution in [0.3, 0.4) is 0 Å². The number of ketones is 1. The van der Waals surface area contributed by atoms with Gasteiger partial charge in [-0.25, -0.2) is 0 Å². The first-order valence-corrected chi connectivity index (χ1v) is 13.7. The Hall–Kier alpha value is -3.25. The average molecular weight is 498 g/mol. The number of piperidine rings is 1. The molecule has 4 aliphatic rings. The van der Waals surface area contributed by atoms with E-state index in [-0.39, 0.29) is 35.4 Å². The van der Waals surface area contributed by atoms with Crippen LogP contribution >= 0.6 is 0 Å². The summed E-state index contributed by atoms with van der Waals surface area (Å²) in [5.41, 5.74) is 2.87. The Labute approximate surface area is 218 Å². The van der Waals surface area contributed by atoms with Gasteiger partial charge in [0.05, 0.1) is 5.92 Å². The van der Waals surface area contributed by atoms with E-state index in [4.69, 9.17) is 0 Å². The lowest BCUT2D eigenvalue weighted by molar-refractivity contribution is -0.136. The molecule has 2 aliphatic carbocycles. The number of fused-ring (bicyclic) bond motifs is 1. The highest BCUT2D eigenvalue weighted by Crippen LogP contribution is 2.60. The molecule has 2 atom stereocenters. The molecule has 2 aliphatic heterocycles. The molecule has 2 amide bonds. The fourth-order valence-corrected chi connectivity index (χ4v) is 6.60. The summed E-state index contributed by atoms with van der Waals surface area (Å²) in [6.45, 7) is 5.71. The molecule has 6 nitrogen and oxygen atoms in total. The van der Waals surface area contributed by atoms with Gasteiger partial charge in [-0.15, -0.1) is 0 Å². The number of likely N-dealkylation sites (tertiary alicyclic amines) is 1. The zero-order valence-corrected chi connectivity index (χ0v) is 21.4. The van der Waals surface area contributed by atoms with Crippen LogP contribution in [0.5, 0.6) is 0 Å². The summed E-state index contributed by atoms with van der Waals surface area (Å²) < 4.78 is 0. The van der Waals surface area contributed by atoms with Crippen molar-refractivity contribution in [1.29, 1.82) is 0 Å². The highest BCUT2D eigenvalue weighted by Gasteiger charge is 2.59. The Bertz CT molecular complexity index is 1210. The largest absolute Gasteiger partial charge is 0.342 e. The average Bonchev–Trinajstić information content (AvgIpc) is 3.53. The number of Topliss-reactive ketones (excluding diaryl/α,β-unsaturated/α-hetero) is 1. The molecule has 2 heterocycles. The first-order valence-electron chi connectivity index (χ1n) is 13.7. The smallest absolute Gasteiger partial charge is 0.230 e. The van der Waals surface area contributed by atoms with Gasteiger partial charge in [-0.05, 0) is 35.8 Å². The minimum atomic E-state index is -0.340. The van der Waals surface area contributed by atoms with Crippen molar-refractivity contribution in [3.05, 3.63) is 77.4 Å². The monoisotopic (exact) mass is 497 g/mol. The Morgan fingerprint density at radius 3 is 2.27 bits per heavy atom. The lowest BCUT2D eigenvalue weighted by atomic mass is 9.89. The van der Waals surface area contributed by atoms with Crippen LogP contribution in [0.4, 0.5) is 0 Å². The number of carbonyl (C=O) groups excluding carboxylic acids is 3. The van der Waals surface area contributed by atoms with Crippen LogP contribution in [0.2, 0.25) is 0 Å². The molecule has 0 radical (unpaired) electrons. The molecule has 6 rings (SSSR count). The molecule has 2 unspecified atom stereocenters. The van der Waals surface area contributed by atoms with Crippen molar-refractivity contribution in [3.63, 3.8) is 0 Å². The van der Waals surface area contributed by atoms with Crippen molar-refractivity contribution in [1.82, 2.24) is 14.7 Å². The maximum atomic E-state index is 13.3. The van der Waals surface area contributed by atoms with Gasteiger partial charge in [-0.3, -0.25) is 19.3 Å². The van der Waals surface area contributed by atoms with E-state index in [9.17, 15) is 14.4 Å². The van der Waals surface area contributed by atoms with Crippen LogP contribution < -0.4 is 0 Å². The SMILES string of the molecule is O=C1CC(C(=O)N2CCC3(CC2)CC3C(=O)N2CCN(C/C=C/c3ccccc3)CC2)c2ccccc21. The second-order valence-electron chi connectivity index (χ2n) is 11.2. The second-order valence-corrected chi connectivity index (χ2v) is 11.2. The maximum Gasteiger partial charge on any atom is 0.230 e. The van der Waals surface area contributed by atoms with Crippen LogP contribution in [0.25, 0.3) is 6.08 Å². The van der Waals surface area contributed by atoms with Gasteiger partial charge >= 0.3 is 0 Å². The summed E-state index contributed by atoms with van der Waals surface area (Å²) in [5, 5.41) is 0. The van der Waals surface area contributed by atoms with E-state index >= 15 is 0 Å². The molecule has 1 saturated carbocycles. The zero-order chi connectivity index (χ0) is 25.4. The summed E-state index contributed by atoms with van der Waals surface area (Å²) in [6, 6.07) is 17.9. The van der Waals surface area contributed by atoms with Crippen molar-refractivity contribution in [2.45, 2.75) is 31.6 Å². The summed E-state index contributed by atoms with van der Waals surface area (Å²) in [7, 11) is 0. The van der Waals surface area contributed by atoms with Gasteiger partial charge in [0.25, 0.3) is 0 Å². The standard InChI is InChI=1S/C31H35N3O3/c35-28-21-26(24-10-4-5-11-25(24)28)29(36)33-15-12-31(13-16-33)22-27(31)30(37)34-19-17-32(18-20-34)14-6-9-23-7-2-1-3-8-23/h1-11,26-27H,12-22H2/b9-6+. The molecule has 3 fully saturated rings. The second kappa shape index (κ2) is 9.90. The molecule has 37 heavy (non-hydrogen) atoms. The van der Waals surface area contributed by atoms with Gasteiger partial charge in [-0.1, -0.05) is 66.7 Å². The third-order valence-electron chi connectivity index (χ3n) is 9.04. The van der Waals surface area contributed by atoms with Crippen LogP contribution in [-0.2, 0) is 9.59 Å². The van der Waals surface area contributed by atoms with Gasteiger partial charge < -0.3 is 9.80 Å². The minimum Gasteiger partial charge on any atom is -0.342 e. The van der Waals surface area contributed by atoms with E-state index in [0.717, 1.165) is 57.5 Å². The van der Waals surface area contributed by atoms with Crippen molar-refractivity contribution >= 4 is 23.7 Å². The van der Waals surface area contributed by atoms with Gasteiger partial charge in [-0.2, -0.15) is 0 Å². The zero-order valence-electron chi connectivity index (χ0n) is 21.4. The minimum absolute atomic E-state index is 0.0718. The predicted octanol–water partition coefficient (Wildman–Crippen LogP) is 3.84. The van der Waals surface area contributed by atoms with Crippen LogP contribution in [-0.4, -0.2) is 78.1 Å². The fourth-order valence-electron chi connectivity index (χ4n) is 6.60. The molecular weight excluding hydrogens is 462 g/mol. The van der Waals surface area contributed by atoms with Gasteiger partial charge in [0.15, 0.2) is 5.78 Å². The van der Waals surface area contributed by atoms with Crippen LogP contribution in [0.1, 0.15) is 53.1 Å². The number of piperazine rings is 1. The quantitative estimate of drug-likeness (QED) is 0.630. The topological polar surface area (TPSA) is 60.9 Å². The van der Waals surface area contributed by atoms with Crippen molar-refractivity contribution < 1.29 is 14.4 Å². The maximum absolute atomic E-state index is 13.3. The highest BCUT2D eigenvalue weighted by molar-refractivity contribution is 6.06. The molecule has 0 aromatic heterocycles. The van der Waals surface area contributed by atoms with Crippen molar-refractivity contribution in [2.24, 2.45) is 11.3 Å². The molecule has 0 N–H and O–H groups in total. The number of hydrogen-bond donors (Lipinski definition) is 0. The van der Waals surface area contributed by atoms with E-state index in [2.05, 4.69) is 34.1 Å². The Kier molecular flexibility index (Phi) is 6.45. The van der Waals surface area contributed by atoms with Gasteiger partial charge in [0, 0.05) is 63.7 Å². The van der Waals surface area contributed by atoms with E-state index in [1.165, 1.54) is 5.56 Å². The first-order chi connectivity index (χ1) is 18.0. The Balaban J connectivity index is 0.970. The lowest BCUT2D eigenvalue weighted by Crippen LogP contribution is -2.50.